The maximum atomic E-state index is 0. The van der Waals surface area contributed by atoms with Crippen molar-refractivity contribution in [2.45, 2.75) is 0 Å². The van der Waals surface area contributed by atoms with Gasteiger partial charge >= 0.3 is 1390 Å². The average Bonchev–Trinajstić information content (AvgIpc) is 0. The third-order valence-electron chi connectivity index (χ3n) is 0. The zero-order chi connectivity index (χ0) is 0. The summed E-state index contributed by atoms with van der Waals surface area (Å²) in [6.07, 6.45) is 0. The first kappa shape index (κ1) is 368. The van der Waals surface area contributed by atoms with Crippen LogP contribution in [0.1, 0.15) is 67.1 Å². The van der Waals surface area contributed by atoms with Crippen LogP contribution in [0.15, 0.2) is 0 Å². The molecule has 47 heteroatoms. The minimum absolute atomic E-state index is 0. The fourth-order valence-electron chi connectivity index (χ4n) is 0. The van der Waals surface area contributed by atoms with Crippen molar-refractivity contribution in [2.75, 3.05) is 0 Å². The van der Waals surface area contributed by atoms with Crippen LogP contribution in [-0.4, -0.2) is 0 Å². The molecule has 0 aliphatic carbocycles. The second-order valence-corrected chi connectivity index (χ2v) is 0. The Hall–Kier alpha value is 47.0. The Morgan fingerprint density at radius 3 is 0.0426 bits per heavy atom. The van der Waals surface area contributed by atoms with E-state index in [9.17, 15) is 0 Å². The molecule has 0 aromatic heterocycles. The van der Waals surface area contributed by atoms with Crippen LogP contribution in [0.2, 0.25) is 0 Å². The van der Waals surface area contributed by atoms with Crippen LogP contribution in [0.25, 0.3) is 0 Å². The Kier molecular flexibility index (Phi) is 2790. The van der Waals surface area contributed by atoms with E-state index in [-0.39, 0.29) is 1460 Å². The normalized spacial score (nSPS) is 0. The molecule has 0 amide bonds. The standard InChI is InChI=1S/47Na.47H/q47*+1;47*-1. The van der Waals surface area contributed by atoms with Crippen LogP contribution in [0.5, 0.6) is 0 Å². The van der Waals surface area contributed by atoms with Gasteiger partial charge in [0.05, 0.1) is 0 Å². The molecule has 0 saturated carbocycles. The molecule has 0 atom stereocenters. The van der Waals surface area contributed by atoms with Gasteiger partial charge in [-0.1, -0.05) is 0 Å². The summed E-state index contributed by atoms with van der Waals surface area (Å²) in [4.78, 5) is 0. The van der Waals surface area contributed by atoms with Crippen molar-refractivity contribution >= 4 is 0 Å². The van der Waals surface area contributed by atoms with Crippen LogP contribution < -0.4 is 1390 Å². The Balaban J connectivity index is 0. The third kappa shape index (κ3) is 349. The monoisotopic (exact) mass is 1130 g/mol. The molecule has 0 nitrogen and oxygen atoms in total. The first-order valence-electron chi connectivity index (χ1n) is 0. The van der Waals surface area contributed by atoms with Gasteiger partial charge in [0, 0.05) is 0 Å². The summed E-state index contributed by atoms with van der Waals surface area (Å²) in [5.41, 5.74) is 0. The van der Waals surface area contributed by atoms with Crippen molar-refractivity contribution in [3.8, 4) is 0 Å². The van der Waals surface area contributed by atoms with Crippen molar-refractivity contribution in [2.24, 2.45) is 0 Å². The molecular formula is H47Na47. The van der Waals surface area contributed by atoms with Crippen LogP contribution in [0.3, 0.4) is 0 Å². The summed E-state index contributed by atoms with van der Waals surface area (Å²) in [6, 6.07) is 0. The van der Waals surface area contributed by atoms with Gasteiger partial charge in [-0.25, -0.2) is 0 Å². The molecule has 0 rings (SSSR count). The van der Waals surface area contributed by atoms with Crippen molar-refractivity contribution < 1.29 is 1460 Å². The van der Waals surface area contributed by atoms with Crippen LogP contribution >= 0.6 is 0 Å². The minimum atomic E-state index is 0. The van der Waals surface area contributed by atoms with E-state index < -0.39 is 0 Å². The molecule has 0 N–H and O–H groups in total. The molecule has 0 saturated heterocycles. The summed E-state index contributed by atoms with van der Waals surface area (Å²) in [5.74, 6) is 0. The molecule has 0 aromatic carbocycles. The molecule has 47 heavy (non-hydrogen) atoms. The van der Waals surface area contributed by atoms with Crippen molar-refractivity contribution in [1.29, 1.82) is 0 Å². The summed E-state index contributed by atoms with van der Waals surface area (Å²) < 4.78 is 0. The first-order chi connectivity index (χ1) is 0. The van der Waals surface area contributed by atoms with Gasteiger partial charge in [-0.2, -0.15) is 0 Å². The number of rotatable bonds is 0. The molecule has 0 radical (unpaired) electrons. The van der Waals surface area contributed by atoms with Gasteiger partial charge in [0.25, 0.3) is 0 Å². The predicted octanol–water partition coefficient (Wildman–Crippen LogP) is -136. The SMILES string of the molecule is [H-].[H-].[H-].[H-].[H-].[H-].[H-].[H-].[H-].[H-].[H-].[H-].[H-].[H-].[H-].[H-].[H-].[H-].[H-].[H-].[H-].[H-].[H-].[H-].[H-].[H-].[H-].[H-].[H-].[H-].[H-].[H-].[H-].[H-].[H-].[H-].[H-].[H-].[H-].[H-].[H-].[H-].[H-].[H-].[H-].[H-].[H-].[Na+].[Na+].[Na+].[Na+].[Na+].[Na+].[Na+].[Na+].[Na+].[Na+].[Na+].[Na+].[Na+].[Na+].[Na+].[Na+].[Na+].[Na+].[Na+].[Na+].[Na+].[Na+].[Na+].[Na+].[Na+].[Na+].[Na+].[Na+].[Na+].[Na+].[Na+].[Na+].[Na+].[Na+].[Na+].[Na+].[Na+].[Na+].[Na+].[Na+].[Na+].[Na+].[Na+].[Na+].[Na+].[Na+].[Na+]. The van der Waals surface area contributed by atoms with Crippen LogP contribution in [-0.2, 0) is 0 Å². The van der Waals surface area contributed by atoms with Crippen molar-refractivity contribution in [1.82, 2.24) is 0 Å². The molecule has 0 aliphatic heterocycles. The topological polar surface area (TPSA) is 0 Å². The summed E-state index contributed by atoms with van der Waals surface area (Å²) in [6.45, 7) is 0. The number of hydrogen-bond donors (Lipinski definition) is 0. The van der Waals surface area contributed by atoms with E-state index >= 15 is 0 Å². The van der Waals surface area contributed by atoms with Gasteiger partial charge in [0.1, 0.15) is 0 Å². The molecule has 0 unspecified atom stereocenters. The van der Waals surface area contributed by atoms with E-state index in [0.717, 1.165) is 0 Å². The maximum absolute atomic E-state index is 0. The van der Waals surface area contributed by atoms with Crippen LogP contribution in [0, 0.1) is 0 Å². The largest absolute Gasteiger partial charge is 1.00 e. The van der Waals surface area contributed by atoms with Gasteiger partial charge in [-0.3, -0.25) is 0 Å². The zero-order valence-electron chi connectivity index (χ0n) is 94.0. The van der Waals surface area contributed by atoms with Gasteiger partial charge in [-0.05, 0) is 0 Å². The van der Waals surface area contributed by atoms with Gasteiger partial charge in [0.15, 0.2) is 0 Å². The van der Waals surface area contributed by atoms with E-state index in [1.165, 1.54) is 0 Å². The molecular weight excluding hydrogens is 1080 g/mol. The Morgan fingerprint density at radius 2 is 0.0426 bits per heavy atom. The van der Waals surface area contributed by atoms with Crippen LogP contribution in [0.4, 0.5) is 0 Å². The second-order valence-electron chi connectivity index (χ2n) is 0. The fraction of sp³-hybridized carbons (Fsp3) is 0. The van der Waals surface area contributed by atoms with E-state index in [1.807, 2.05) is 0 Å². The molecule has 94 valence electrons. The smallest absolute Gasteiger partial charge is 1.00 e. The Bertz CT molecular complexity index is 94.0. The second kappa shape index (κ2) is 356. The fourth-order valence-corrected chi connectivity index (χ4v) is 0. The van der Waals surface area contributed by atoms with Crippen molar-refractivity contribution in [3.05, 3.63) is 0 Å². The maximum Gasteiger partial charge on any atom is 1.00 e. The predicted molar refractivity (Wildman–Crippen MR) is 52.3 cm³/mol. The summed E-state index contributed by atoms with van der Waals surface area (Å²) >= 11 is 0. The average molecular weight is 1130 g/mol. The summed E-state index contributed by atoms with van der Waals surface area (Å²) in [5, 5.41) is 0. The first-order valence-corrected chi connectivity index (χ1v) is 0. The quantitative estimate of drug-likeness (QED) is 0.212. The van der Waals surface area contributed by atoms with E-state index in [2.05, 4.69) is 0 Å². The molecule has 0 bridgehead atoms. The van der Waals surface area contributed by atoms with Gasteiger partial charge in [0.2, 0.25) is 0 Å². The molecule has 0 fully saturated rings. The minimum Gasteiger partial charge on any atom is -1.00 e. The Morgan fingerprint density at radius 1 is 0.0426 bits per heavy atom. The third-order valence-corrected chi connectivity index (χ3v) is 0. The van der Waals surface area contributed by atoms with Crippen molar-refractivity contribution in [3.63, 3.8) is 0 Å². The molecule has 0 heterocycles. The molecule has 0 aliphatic rings. The molecule has 0 spiro atoms. The Labute approximate surface area is 1410 Å². The number of hydrogen-bond acceptors (Lipinski definition) is 0. The van der Waals surface area contributed by atoms with E-state index in [0.29, 0.717) is 0 Å². The van der Waals surface area contributed by atoms with E-state index in [4.69, 9.17) is 0 Å². The molecule has 0 aromatic rings. The zero-order valence-corrected chi connectivity index (χ0v) is 141. The van der Waals surface area contributed by atoms with E-state index in [1.54, 1.807) is 0 Å². The summed E-state index contributed by atoms with van der Waals surface area (Å²) in [7, 11) is 0. The van der Waals surface area contributed by atoms with Gasteiger partial charge < -0.3 is 67.1 Å². The van der Waals surface area contributed by atoms with Gasteiger partial charge in [-0.15, -0.1) is 0 Å².